The van der Waals surface area contributed by atoms with Crippen molar-refractivity contribution in [3.05, 3.63) is 35.9 Å². The lowest BCUT2D eigenvalue weighted by atomic mass is 10.0. The number of carbonyl (C=O) groups is 1. The summed E-state index contributed by atoms with van der Waals surface area (Å²) in [5, 5.41) is 6.54. The maximum absolute atomic E-state index is 11.9. The molecule has 0 aliphatic carbocycles. The Bertz CT molecular complexity index is 634. The van der Waals surface area contributed by atoms with Gasteiger partial charge in [-0.15, -0.1) is 0 Å². The van der Waals surface area contributed by atoms with Crippen LogP contribution in [0.25, 0.3) is 0 Å². The first kappa shape index (κ1) is 22.3. The molecule has 2 aromatic rings. The molecule has 0 unspecified atom stereocenters. The number of nitrogens with one attached hydrogen (secondary N) is 1. The van der Waals surface area contributed by atoms with Crippen molar-refractivity contribution in [2.75, 3.05) is 5.73 Å². The van der Waals surface area contributed by atoms with Crippen molar-refractivity contribution in [3.8, 4) is 0 Å². The summed E-state index contributed by atoms with van der Waals surface area (Å²) in [6.45, 7) is 0. The van der Waals surface area contributed by atoms with Crippen molar-refractivity contribution in [1.82, 2.24) is 10.2 Å². The second-order valence-electron chi connectivity index (χ2n) is 7.83. The Labute approximate surface area is 169 Å². The molecule has 2 rings (SSSR count). The summed E-state index contributed by atoms with van der Waals surface area (Å²) in [7, 11) is 0. The van der Waals surface area contributed by atoms with Crippen LogP contribution in [-0.4, -0.2) is 16.0 Å². The number of ketones is 1. The third-order valence-electron chi connectivity index (χ3n) is 5.35. The van der Waals surface area contributed by atoms with Gasteiger partial charge in [0, 0.05) is 31.0 Å². The van der Waals surface area contributed by atoms with Gasteiger partial charge in [-0.25, -0.2) is 0 Å². The highest BCUT2D eigenvalue weighted by Crippen LogP contribution is 2.14. The Morgan fingerprint density at radius 3 is 2.07 bits per heavy atom. The second kappa shape index (κ2) is 14.0. The second-order valence-corrected chi connectivity index (χ2v) is 7.83. The molecule has 0 aliphatic heterocycles. The van der Waals surface area contributed by atoms with Crippen LogP contribution in [0.1, 0.15) is 94.8 Å². The topological polar surface area (TPSA) is 84.9 Å². The summed E-state index contributed by atoms with van der Waals surface area (Å²) in [6.07, 6.45) is 21.0. The number of unbranched alkanes of at least 4 members (excludes halogenated alkanes) is 11. The quantitative estimate of drug-likeness (QED) is 0.325. The van der Waals surface area contributed by atoms with Gasteiger partial charge in [0.1, 0.15) is 17.4 Å². The number of Topliss-reactive ketones (excluding diaryl/α,β-unsaturated/α-hetero) is 1. The number of rotatable bonds is 17. The maximum atomic E-state index is 11.9. The molecule has 2 heterocycles. The standard InChI is InChI=1S/C23H37N3O2/c24-23-20(19-25-26-23)18-21(27)14-11-9-7-5-3-1-2-4-6-8-10-12-15-22-16-13-17-28-22/h13,16-17,19H,1-12,14-15,18H2,(H3,24,25,26). The molecule has 2 aromatic heterocycles. The van der Waals surface area contributed by atoms with Gasteiger partial charge in [-0.05, 0) is 25.0 Å². The number of nitrogens with zero attached hydrogens (tertiary/aromatic N) is 1. The van der Waals surface area contributed by atoms with Gasteiger partial charge < -0.3 is 10.2 Å². The van der Waals surface area contributed by atoms with Gasteiger partial charge in [0.25, 0.3) is 0 Å². The van der Waals surface area contributed by atoms with E-state index < -0.39 is 0 Å². The lowest BCUT2D eigenvalue weighted by Gasteiger charge is -2.03. The zero-order valence-electron chi connectivity index (χ0n) is 17.3. The minimum atomic E-state index is 0.261. The summed E-state index contributed by atoms with van der Waals surface area (Å²) in [6, 6.07) is 4.03. The van der Waals surface area contributed by atoms with Crippen LogP contribution >= 0.6 is 0 Å². The van der Waals surface area contributed by atoms with Crippen molar-refractivity contribution in [2.24, 2.45) is 0 Å². The molecule has 0 bridgehead atoms. The average Bonchev–Trinajstić information content (AvgIpc) is 3.34. The van der Waals surface area contributed by atoms with Crippen LogP contribution in [0.15, 0.2) is 29.0 Å². The maximum Gasteiger partial charge on any atom is 0.148 e. The fourth-order valence-corrected chi connectivity index (χ4v) is 3.61. The molecule has 0 atom stereocenters. The molecule has 5 heteroatoms. The lowest BCUT2D eigenvalue weighted by molar-refractivity contribution is -0.118. The number of H-pyrrole nitrogens is 1. The molecule has 5 nitrogen and oxygen atoms in total. The van der Waals surface area contributed by atoms with Crippen LogP contribution in [0.5, 0.6) is 0 Å². The van der Waals surface area contributed by atoms with E-state index in [-0.39, 0.29) is 5.78 Å². The van der Waals surface area contributed by atoms with Crippen molar-refractivity contribution in [1.29, 1.82) is 0 Å². The van der Waals surface area contributed by atoms with Crippen LogP contribution in [0, 0.1) is 0 Å². The number of aromatic nitrogens is 2. The van der Waals surface area contributed by atoms with Crippen LogP contribution in [0.2, 0.25) is 0 Å². The molecule has 28 heavy (non-hydrogen) atoms. The zero-order chi connectivity index (χ0) is 19.9. The van der Waals surface area contributed by atoms with E-state index in [1.165, 1.54) is 64.2 Å². The van der Waals surface area contributed by atoms with Gasteiger partial charge in [0.2, 0.25) is 0 Å². The predicted molar refractivity (Wildman–Crippen MR) is 114 cm³/mol. The molecular formula is C23H37N3O2. The van der Waals surface area contributed by atoms with Crippen LogP contribution in [-0.2, 0) is 17.6 Å². The van der Waals surface area contributed by atoms with Crippen molar-refractivity contribution >= 4 is 11.6 Å². The molecule has 3 N–H and O–H groups in total. The summed E-state index contributed by atoms with van der Waals surface area (Å²) < 4.78 is 5.35. The minimum absolute atomic E-state index is 0.261. The highest BCUT2D eigenvalue weighted by atomic mass is 16.3. The minimum Gasteiger partial charge on any atom is -0.469 e. The first-order valence-corrected chi connectivity index (χ1v) is 11.1. The number of nitrogen functional groups attached to an aromatic ring is 1. The van der Waals surface area contributed by atoms with Gasteiger partial charge in [-0.2, -0.15) is 5.10 Å². The number of hydrogen-bond donors (Lipinski definition) is 2. The number of anilines is 1. The first-order valence-electron chi connectivity index (χ1n) is 11.1. The van der Waals surface area contributed by atoms with Gasteiger partial charge in [0.05, 0.1) is 6.26 Å². The molecule has 0 amide bonds. The number of hydrogen-bond acceptors (Lipinski definition) is 4. The van der Waals surface area contributed by atoms with E-state index in [0.717, 1.165) is 30.6 Å². The SMILES string of the molecule is Nc1n[nH]cc1CC(=O)CCCCCCCCCCCCCCc1ccco1. The van der Waals surface area contributed by atoms with Gasteiger partial charge >= 0.3 is 0 Å². The summed E-state index contributed by atoms with van der Waals surface area (Å²) >= 11 is 0. The van der Waals surface area contributed by atoms with E-state index in [4.69, 9.17) is 10.2 Å². The Hall–Kier alpha value is -2.04. The summed E-state index contributed by atoms with van der Waals surface area (Å²) in [5.41, 5.74) is 6.51. The number of nitrogens with two attached hydrogens (primary N) is 1. The van der Waals surface area contributed by atoms with E-state index >= 15 is 0 Å². The van der Waals surface area contributed by atoms with E-state index in [2.05, 4.69) is 16.3 Å². The zero-order valence-corrected chi connectivity index (χ0v) is 17.3. The predicted octanol–water partition coefficient (Wildman–Crippen LogP) is 6.01. The Balaban J connectivity index is 1.29. The van der Waals surface area contributed by atoms with Gasteiger partial charge in [0.15, 0.2) is 0 Å². The van der Waals surface area contributed by atoms with Crippen LogP contribution in [0.4, 0.5) is 5.82 Å². The molecule has 0 spiro atoms. The highest BCUT2D eigenvalue weighted by molar-refractivity contribution is 5.81. The molecule has 0 aliphatic rings. The fraction of sp³-hybridized carbons (Fsp3) is 0.652. The van der Waals surface area contributed by atoms with E-state index in [9.17, 15) is 4.79 Å². The first-order chi connectivity index (χ1) is 13.8. The monoisotopic (exact) mass is 387 g/mol. The third kappa shape index (κ3) is 9.77. The van der Waals surface area contributed by atoms with Crippen LogP contribution < -0.4 is 5.73 Å². The molecule has 0 fully saturated rings. The van der Waals surface area contributed by atoms with Crippen molar-refractivity contribution in [3.63, 3.8) is 0 Å². The molecule has 0 saturated heterocycles. The van der Waals surface area contributed by atoms with Crippen molar-refractivity contribution < 1.29 is 9.21 Å². The largest absolute Gasteiger partial charge is 0.469 e. The Kier molecular flexibility index (Phi) is 11.1. The Morgan fingerprint density at radius 2 is 1.54 bits per heavy atom. The third-order valence-corrected chi connectivity index (χ3v) is 5.35. The summed E-state index contributed by atoms with van der Waals surface area (Å²) in [4.78, 5) is 11.9. The molecule has 0 radical (unpaired) electrons. The number of carbonyl (C=O) groups excluding carboxylic acids is 1. The number of aryl methyl sites for hydroxylation is 1. The fourth-order valence-electron chi connectivity index (χ4n) is 3.61. The van der Waals surface area contributed by atoms with E-state index in [1.807, 2.05) is 6.07 Å². The Morgan fingerprint density at radius 1 is 0.929 bits per heavy atom. The van der Waals surface area contributed by atoms with Crippen LogP contribution in [0.3, 0.4) is 0 Å². The number of furan rings is 1. The highest BCUT2D eigenvalue weighted by Gasteiger charge is 2.08. The van der Waals surface area contributed by atoms with Gasteiger partial charge in [-0.1, -0.05) is 64.2 Å². The number of aromatic amines is 1. The molecule has 0 aromatic carbocycles. The molecule has 156 valence electrons. The van der Waals surface area contributed by atoms with E-state index in [1.54, 1.807) is 12.5 Å². The molecular weight excluding hydrogens is 350 g/mol. The average molecular weight is 388 g/mol. The normalized spacial score (nSPS) is 11.1. The summed E-state index contributed by atoms with van der Waals surface area (Å²) in [5.74, 6) is 1.83. The molecule has 0 saturated carbocycles. The smallest absolute Gasteiger partial charge is 0.148 e. The van der Waals surface area contributed by atoms with Gasteiger partial charge in [-0.3, -0.25) is 9.89 Å². The van der Waals surface area contributed by atoms with Crippen molar-refractivity contribution in [2.45, 2.75) is 96.3 Å². The lowest BCUT2D eigenvalue weighted by Crippen LogP contribution is -2.03. The van der Waals surface area contributed by atoms with E-state index in [0.29, 0.717) is 18.7 Å².